The highest BCUT2D eigenvalue weighted by Crippen LogP contribution is 2.36. The van der Waals surface area contributed by atoms with E-state index in [1.807, 2.05) is 12.3 Å². The van der Waals surface area contributed by atoms with Crippen molar-refractivity contribution in [1.29, 1.82) is 0 Å². The van der Waals surface area contributed by atoms with Crippen LogP contribution in [0.25, 0.3) is 17.0 Å². The zero-order valence-electron chi connectivity index (χ0n) is 21.3. The van der Waals surface area contributed by atoms with E-state index in [9.17, 15) is 9.59 Å². The van der Waals surface area contributed by atoms with Crippen molar-refractivity contribution in [2.24, 2.45) is 5.92 Å². The SMILES string of the molecule is CCc1cccc2c(/C=C3\SC(=S)N(CCC4CCCC4)C3=O)cn(CC(=O)NC3CCCCC3)c12. The first kappa shape index (κ1) is 25.5. The van der Waals surface area contributed by atoms with Crippen molar-refractivity contribution >= 4 is 57.1 Å². The summed E-state index contributed by atoms with van der Waals surface area (Å²) < 4.78 is 2.73. The molecule has 0 atom stereocenters. The summed E-state index contributed by atoms with van der Waals surface area (Å²) >= 11 is 7.00. The molecule has 192 valence electrons. The molecule has 5 rings (SSSR count). The number of nitrogens with zero attached hydrogens (tertiary/aromatic N) is 2. The lowest BCUT2D eigenvalue weighted by Gasteiger charge is -2.23. The first-order valence-electron chi connectivity index (χ1n) is 13.7. The standard InChI is InChI=1S/C29H37N3O2S2/c1-2-21-11-8-14-24-22(18-31(27(21)24)19-26(33)30-23-12-4-3-5-13-23)17-25-28(34)32(29(35)36-25)16-15-20-9-6-7-10-20/h8,11,14,17-18,20,23H,2-7,9-10,12-13,15-16,19H2,1H3,(H,30,33)/b25-17-. The molecule has 2 aromatic rings. The van der Waals surface area contributed by atoms with E-state index in [0.29, 0.717) is 21.8 Å². The van der Waals surface area contributed by atoms with Gasteiger partial charge in [0.2, 0.25) is 5.91 Å². The smallest absolute Gasteiger partial charge is 0.266 e. The number of carbonyl (C=O) groups is 2. The number of carbonyl (C=O) groups excluding carboxylic acids is 2. The van der Waals surface area contributed by atoms with Crippen LogP contribution in [-0.2, 0) is 22.6 Å². The molecular formula is C29H37N3O2S2. The van der Waals surface area contributed by atoms with Crippen LogP contribution < -0.4 is 5.32 Å². The molecular weight excluding hydrogens is 486 g/mol. The van der Waals surface area contributed by atoms with Crippen molar-refractivity contribution in [3.8, 4) is 0 Å². The van der Waals surface area contributed by atoms with Crippen LogP contribution in [0, 0.1) is 5.92 Å². The van der Waals surface area contributed by atoms with Gasteiger partial charge in [0.1, 0.15) is 10.9 Å². The molecule has 3 fully saturated rings. The summed E-state index contributed by atoms with van der Waals surface area (Å²) in [5.74, 6) is 0.809. The van der Waals surface area contributed by atoms with Crippen molar-refractivity contribution in [2.45, 2.75) is 90.1 Å². The number of amides is 2. The van der Waals surface area contributed by atoms with Gasteiger partial charge in [-0.1, -0.05) is 94.0 Å². The van der Waals surface area contributed by atoms with Gasteiger partial charge in [-0.25, -0.2) is 0 Å². The third-order valence-electron chi connectivity index (χ3n) is 8.07. The number of para-hydroxylation sites is 1. The molecule has 2 heterocycles. The van der Waals surface area contributed by atoms with Crippen LogP contribution in [0.3, 0.4) is 0 Å². The van der Waals surface area contributed by atoms with Crippen LogP contribution in [0.2, 0.25) is 0 Å². The highest BCUT2D eigenvalue weighted by atomic mass is 32.2. The molecule has 1 saturated heterocycles. The average molecular weight is 524 g/mol. The summed E-state index contributed by atoms with van der Waals surface area (Å²) in [5.41, 5.74) is 3.27. The molecule has 0 spiro atoms. The Kier molecular flexibility index (Phi) is 8.16. The van der Waals surface area contributed by atoms with Gasteiger partial charge < -0.3 is 9.88 Å². The van der Waals surface area contributed by atoms with Gasteiger partial charge in [-0.2, -0.15) is 0 Å². The van der Waals surface area contributed by atoms with Gasteiger partial charge in [-0.05, 0) is 43.2 Å². The highest BCUT2D eigenvalue weighted by Gasteiger charge is 2.33. The summed E-state index contributed by atoms with van der Waals surface area (Å²) in [5, 5.41) is 4.33. The second kappa shape index (κ2) is 11.5. The summed E-state index contributed by atoms with van der Waals surface area (Å²) in [6.45, 7) is 3.15. The summed E-state index contributed by atoms with van der Waals surface area (Å²) in [7, 11) is 0. The van der Waals surface area contributed by atoms with Gasteiger partial charge in [-0.3, -0.25) is 14.5 Å². The number of benzene rings is 1. The molecule has 2 aliphatic carbocycles. The molecule has 3 aliphatic rings. The van der Waals surface area contributed by atoms with Crippen LogP contribution >= 0.6 is 24.0 Å². The average Bonchev–Trinajstić information content (AvgIpc) is 3.58. The van der Waals surface area contributed by atoms with E-state index in [1.54, 1.807) is 4.90 Å². The Morgan fingerprint density at radius 1 is 1.14 bits per heavy atom. The van der Waals surface area contributed by atoms with Crippen molar-refractivity contribution in [3.05, 3.63) is 40.4 Å². The topological polar surface area (TPSA) is 54.3 Å². The molecule has 36 heavy (non-hydrogen) atoms. The molecule has 1 N–H and O–H groups in total. The Morgan fingerprint density at radius 3 is 2.64 bits per heavy atom. The Labute approximate surface area is 224 Å². The normalized spacial score (nSPS) is 20.8. The van der Waals surface area contributed by atoms with Crippen LogP contribution in [0.15, 0.2) is 29.3 Å². The van der Waals surface area contributed by atoms with Crippen LogP contribution in [-0.4, -0.2) is 38.2 Å². The quantitative estimate of drug-likeness (QED) is 0.320. The van der Waals surface area contributed by atoms with Crippen LogP contribution in [0.1, 0.15) is 82.3 Å². The lowest BCUT2D eigenvalue weighted by atomic mass is 9.95. The predicted octanol–water partition coefficient (Wildman–Crippen LogP) is 6.43. The van der Waals surface area contributed by atoms with Crippen molar-refractivity contribution < 1.29 is 9.59 Å². The molecule has 7 heteroatoms. The number of hydrogen-bond donors (Lipinski definition) is 1. The van der Waals surface area contributed by atoms with Gasteiger partial charge in [0, 0.05) is 29.7 Å². The Morgan fingerprint density at radius 2 is 1.89 bits per heavy atom. The Bertz CT molecular complexity index is 1170. The monoisotopic (exact) mass is 523 g/mol. The maximum atomic E-state index is 13.3. The summed E-state index contributed by atoms with van der Waals surface area (Å²) in [6, 6.07) is 6.59. The lowest BCUT2D eigenvalue weighted by Crippen LogP contribution is -2.38. The minimum absolute atomic E-state index is 0.0191. The third kappa shape index (κ3) is 5.57. The molecule has 1 aliphatic heterocycles. The number of hydrogen-bond acceptors (Lipinski definition) is 4. The van der Waals surface area contributed by atoms with E-state index in [0.717, 1.165) is 54.6 Å². The molecule has 5 nitrogen and oxygen atoms in total. The minimum atomic E-state index is 0.0191. The molecule has 1 aromatic carbocycles. The number of thiocarbonyl (C=S) groups is 1. The van der Waals surface area contributed by atoms with Gasteiger partial charge in [0.05, 0.1) is 10.4 Å². The van der Waals surface area contributed by atoms with E-state index in [-0.39, 0.29) is 11.8 Å². The van der Waals surface area contributed by atoms with Crippen molar-refractivity contribution in [2.75, 3.05) is 6.54 Å². The van der Waals surface area contributed by atoms with E-state index in [4.69, 9.17) is 12.2 Å². The maximum Gasteiger partial charge on any atom is 0.266 e. The predicted molar refractivity (Wildman–Crippen MR) is 153 cm³/mol. The fourth-order valence-corrected chi connectivity index (χ4v) is 7.41. The highest BCUT2D eigenvalue weighted by molar-refractivity contribution is 8.26. The number of rotatable bonds is 8. The van der Waals surface area contributed by atoms with E-state index < -0.39 is 0 Å². The lowest BCUT2D eigenvalue weighted by molar-refractivity contribution is -0.123. The number of nitrogens with one attached hydrogen (secondary N) is 1. The summed E-state index contributed by atoms with van der Waals surface area (Å²) in [4.78, 5) is 28.7. The van der Waals surface area contributed by atoms with E-state index in [2.05, 4.69) is 35.0 Å². The number of fused-ring (bicyclic) bond motifs is 1. The van der Waals surface area contributed by atoms with E-state index >= 15 is 0 Å². The zero-order valence-corrected chi connectivity index (χ0v) is 22.9. The first-order chi connectivity index (χ1) is 17.5. The zero-order chi connectivity index (χ0) is 25.1. The fraction of sp³-hybridized carbons (Fsp3) is 0.552. The Balaban J connectivity index is 1.37. The second-order valence-corrected chi connectivity index (χ2v) is 12.2. The van der Waals surface area contributed by atoms with Gasteiger partial charge in [0.15, 0.2) is 0 Å². The largest absolute Gasteiger partial charge is 0.352 e. The maximum absolute atomic E-state index is 13.3. The number of thioether (sulfide) groups is 1. The molecule has 1 aromatic heterocycles. The molecule has 0 bridgehead atoms. The van der Waals surface area contributed by atoms with Gasteiger partial charge >= 0.3 is 0 Å². The first-order valence-corrected chi connectivity index (χ1v) is 14.9. The third-order valence-corrected chi connectivity index (χ3v) is 9.45. The number of aryl methyl sites for hydroxylation is 1. The molecule has 2 amide bonds. The molecule has 2 saturated carbocycles. The number of aromatic nitrogens is 1. The fourth-order valence-electron chi connectivity index (χ4n) is 6.11. The van der Waals surface area contributed by atoms with Gasteiger partial charge in [0.25, 0.3) is 5.91 Å². The Hall–Kier alpha value is -2.12. The van der Waals surface area contributed by atoms with Crippen molar-refractivity contribution in [3.63, 3.8) is 0 Å². The molecule has 0 unspecified atom stereocenters. The minimum Gasteiger partial charge on any atom is -0.352 e. The van der Waals surface area contributed by atoms with Crippen molar-refractivity contribution in [1.82, 2.24) is 14.8 Å². The summed E-state index contributed by atoms with van der Waals surface area (Å²) in [6.07, 6.45) is 16.9. The van der Waals surface area contributed by atoms with E-state index in [1.165, 1.54) is 62.3 Å². The van der Waals surface area contributed by atoms with Crippen LogP contribution in [0.4, 0.5) is 0 Å². The molecule has 0 radical (unpaired) electrons. The van der Waals surface area contributed by atoms with Crippen LogP contribution in [0.5, 0.6) is 0 Å². The van der Waals surface area contributed by atoms with Gasteiger partial charge in [-0.15, -0.1) is 0 Å². The second-order valence-electron chi connectivity index (χ2n) is 10.6.